The molecular weight excluding hydrogens is 294 g/mol. The first-order valence-corrected chi connectivity index (χ1v) is 7.49. The van der Waals surface area contributed by atoms with E-state index in [0.29, 0.717) is 11.6 Å². The van der Waals surface area contributed by atoms with Gasteiger partial charge in [0.05, 0.1) is 12.4 Å². The fourth-order valence-corrected chi connectivity index (χ4v) is 2.67. The second-order valence-electron chi connectivity index (χ2n) is 5.56. The molecule has 2 aromatic rings. The molecule has 7 nitrogen and oxygen atoms in total. The molecule has 23 heavy (non-hydrogen) atoms. The molecule has 1 amide bonds. The third kappa shape index (κ3) is 3.75. The molecule has 0 spiro atoms. The maximum atomic E-state index is 11.2. The van der Waals surface area contributed by atoms with E-state index in [-0.39, 0.29) is 5.69 Å². The van der Waals surface area contributed by atoms with E-state index in [0.717, 1.165) is 38.3 Å². The number of amides is 1. The Hall–Kier alpha value is -2.67. The summed E-state index contributed by atoms with van der Waals surface area (Å²) < 4.78 is 0. The summed E-state index contributed by atoms with van der Waals surface area (Å²) in [5.74, 6) is 0.403. The van der Waals surface area contributed by atoms with Gasteiger partial charge in [-0.15, -0.1) is 0 Å². The van der Waals surface area contributed by atoms with Gasteiger partial charge in [0.2, 0.25) is 0 Å². The van der Waals surface area contributed by atoms with Crippen LogP contribution < -0.4 is 10.6 Å². The Morgan fingerprint density at radius 2 is 2.00 bits per heavy atom. The van der Waals surface area contributed by atoms with Crippen molar-refractivity contribution in [3.05, 3.63) is 47.9 Å². The van der Waals surface area contributed by atoms with Crippen molar-refractivity contribution in [3.8, 4) is 5.75 Å². The Morgan fingerprint density at radius 3 is 2.70 bits per heavy atom. The van der Waals surface area contributed by atoms with Crippen LogP contribution in [0.25, 0.3) is 0 Å². The zero-order valence-corrected chi connectivity index (χ0v) is 12.7. The van der Waals surface area contributed by atoms with Crippen LogP contribution in [0.5, 0.6) is 5.75 Å². The molecule has 1 aromatic heterocycles. The average Bonchev–Trinajstić information content (AvgIpc) is 2.56. The number of aromatic hydroxyl groups is 1. The van der Waals surface area contributed by atoms with Crippen LogP contribution >= 0.6 is 0 Å². The van der Waals surface area contributed by atoms with Gasteiger partial charge < -0.3 is 15.7 Å². The van der Waals surface area contributed by atoms with Gasteiger partial charge in [0, 0.05) is 32.7 Å². The van der Waals surface area contributed by atoms with Gasteiger partial charge in [-0.05, 0) is 17.7 Å². The standard InChI is InChI=1S/C16H19N5O2/c17-16(23)14-9-18-10-15(19-14)21-6-4-20(5-7-21)11-12-2-1-3-13(22)8-12/h1-3,8-10,22H,4-7,11H2,(H2,17,23). The summed E-state index contributed by atoms with van der Waals surface area (Å²) in [5, 5.41) is 9.52. The molecule has 2 heterocycles. The predicted octanol–water partition coefficient (Wildman–Crippen LogP) is 0.603. The van der Waals surface area contributed by atoms with Gasteiger partial charge in [0.15, 0.2) is 0 Å². The van der Waals surface area contributed by atoms with Crippen molar-refractivity contribution in [2.75, 3.05) is 31.1 Å². The highest BCUT2D eigenvalue weighted by Gasteiger charge is 2.19. The number of carbonyl (C=O) groups is 1. The van der Waals surface area contributed by atoms with Gasteiger partial charge in [-0.3, -0.25) is 14.7 Å². The van der Waals surface area contributed by atoms with Gasteiger partial charge in [0.1, 0.15) is 17.3 Å². The zero-order chi connectivity index (χ0) is 16.2. The highest BCUT2D eigenvalue weighted by molar-refractivity contribution is 5.90. The second kappa shape index (κ2) is 6.62. The maximum absolute atomic E-state index is 11.2. The third-order valence-electron chi connectivity index (χ3n) is 3.89. The van der Waals surface area contributed by atoms with Crippen molar-refractivity contribution >= 4 is 11.7 Å². The first kappa shape index (κ1) is 15.2. The molecule has 0 bridgehead atoms. The number of phenolic OH excluding ortho intramolecular Hbond substituents is 1. The first-order valence-electron chi connectivity index (χ1n) is 7.49. The van der Waals surface area contributed by atoms with Crippen LogP contribution in [0.15, 0.2) is 36.7 Å². The fourth-order valence-electron chi connectivity index (χ4n) is 2.67. The molecule has 0 unspecified atom stereocenters. The second-order valence-corrected chi connectivity index (χ2v) is 5.56. The molecule has 0 atom stereocenters. The number of hydrogen-bond donors (Lipinski definition) is 2. The van der Waals surface area contributed by atoms with Crippen molar-refractivity contribution in [2.45, 2.75) is 6.54 Å². The Labute approximate surface area is 134 Å². The lowest BCUT2D eigenvalue weighted by atomic mass is 10.2. The number of nitrogens with two attached hydrogens (primary N) is 1. The number of rotatable bonds is 4. The SMILES string of the molecule is NC(=O)c1cncc(N2CCN(Cc3cccc(O)c3)CC2)n1. The highest BCUT2D eigenvalue weighted by Crippen LogP contribution is 2.16. The third-order valence-corrected chi connectivity index (χ3v) is 3.89. The van der Waals surface area contributed by atoms with Crippen LogP contribution in [-0.4, -0.2) is 52.1 Å². The Bertz CT molecular complexity index is 698. The average molecular weight is 313 g/mol. The molecule has 7 heteroatoms. The lowest BCUT2D eigenvalue weighted by Gasteiger charge is -2.35. The van der Waals surface area contributed by atoms with Crippen LogP contribution in [0.3, 0.4) is 0 Å². The van der Waals surface area contributed by atoms with Gasteiger partial charge in [-0.2, -0.15) is 0 Å². The number of nitrogens with zero attached hydrogens (tertiary/aromatic N) is 4. The highest BCUT2D eigenvalue weighted by atomic mass is 16.3. The zero-order valence-electron chi connectivity index (χ0n) is 12.7. The summed E-state index contributed by atoms with van der Waals surface area (Å²) in [6.07, 6.45) is 3.03. The number of phenols is 1. The minimum absolute atomic E-state index is 0.185. The van der Waals surface area contributed by atoms with E-state index in [9.17, 15) is 9.90 Å². The number of primary amides is 1. The monoisotopic (exact) mass is 313 g/mol. The summed E-state index contributed by atoms with van der Waals surface area (Å²) in [6, 6.07) is 7.32. The number of piperazine rings is 1. The minimum atomic E-state index is -0.568. The lowest BCUT2D eigenvalue weighted by molar-refractivity contribution is 0.0995. The molecule has 0 saturated carbocycles. The molecule has 1 aromatic carbocycles. The van der Waals surface area contributed by atoms with Gasteiger partial charge in [-0.1, -0.05) is 12.1 Å². The molecule has 1 saturated heterocycles. The van der Waals surface area contributed by atoms with Crippen LogP contribution in [0.2, 0.25) is 0 Å². The normalized spacial score (nSPS) is 15.6. The van der Waals surface area contributed by atoms with E-state index in [1.165, 1.54) is 6.20 Å². The van der Waals surface area contributed by atoms with Crippen LogP contribution in [0.1, 0.15) is 16.1 Å². The van der Waals surface area contributed by atoms with E-state index < -0.39 is 5.91 Å². The molecule has 120 valence electrons. The molecule has 1 aliphatic rings. The van der Waals surface area contributed by atoms with Crippen LogP contribution in [-0.2, 0) is 6.54 Å². The van der Waals surface area contributed by atoms with Crippen molar-refractivity contribution in [1.82, 2.24) is 14.9 Å². The Morgan fingerprint density at radius 1 is 1.22 bits per heavy atom. The summed E-state index contributed by atoms with van der Waals surface area (Å²) in [6.45, 7) is 4.15. The van der Waals surface area contributed by atoms with E-state index in [1.807, 2.05) is 12.1 Å². The van der Waals surface area contributed by atoms with Gasteiger partial charge in [0.25, 0.3) is 5.91 Å². The largest absolute Gasteiger partial charge is 0.508 e. The van der Waals surface area contributed by atoms with Crippen LogP contribution in [0.4, 0.5) is 5.82 Å². The molecule has 1 fully saturated rings. The molecule has 3 rings (SSSR count). The molecule has 0 aliphatic carbocycles. The Kier molecular flexibility index (Phi) is 4.38. The van der Waals surface area contributed by atoms with E-state index in [2.05, 4.69) is 19.8 Å². The van der Waals surface area contributed by atoms with Crippen molar-refractivity contribution in [1.29, 1.82) is 0 Å². The van der Waals surface area contributed by atoms with E-state index >= 15 is 0 Å². The number of aromatic nitrogens is 2. The number of carbonyl (C=O) groups excluding carboxylic acids is 1. The van der Waals surface area contributed by atoms with E-state index in [4.69, 9.17) is 5.73 Å². The van der Waals surface area contributed by atoms with Crippen molar-refractivity contribution in [2.24, 2.45) is 5.73 Å². The number of hydrogen-bond acceptors (Lipinski definition) is 6. The number of benzene rings is 1. The summed E-state index contributed by atoms with van der Waals surface area (Å²) in [5.41, 5.74) is 6.52. The minimum Gasteiger partial charge on any atom is -0.508 e. The van der Waals surface area contributed by atoms with Gasteiger partial charge in [-0.25, -0.2) is 4.98 Å². The maximum Gasteiger partial charge on any atom is 0.268 e. The molecular formula is C16H19N5O2. The molecule has 3 N–H and O–H groups in total. The first-order chi connectivity index (χ1) is 11.1. The Balaban J connectivity index is 1.60. The lowest BCUT2D eigenvalue weighted by Crippen LogP contribution is -2.46. The van der Waals surface area contributed by atoms with Crippen molar-refractivity contribution < 1.29 is 9.90 Å². The fraction of sp³-hybridized carbons (Fsp3) is 0.312. The smallest absolute Gasteiger partial charge is 0.268 e. The predicted molar refractivity (Wildman–Crippen MR) is 86.1 cm³/mol. The summed E-state index contributed by atoms with van der Waals surface area (Å²) in [4.78, 5) is 23.9. The van der Waals surface area contributed by atoms with Crippen LogP contribution in [0, 0.1) is 0 Å². The molecule has 0 radical (unpaired) electrons. The quantitative estimate of drug-likeness (QED) is 0.858. The summed E-state index contributed by atoms with van der Waals surface area (Å²) in [7, 11) is 0. The van der Waals surface area contributed by atoms with Crippen molar-refractivity contribution in [3.63, 3.8) is 0 Å². The molecule has 1 aliphatic heterocycles. The van der Waals surface area contributed by atoms with Gasteiger partial charge >= 0.3 is 0 Å². The summed E-state index contributed by atoms with van der Waals surface area (Å²) >= 11 is 0. The van der Waals surface area contributed by atoms with E-state index in [1.54, 1.807) is 18.3 Å². The number of anilines is 1. The topological polar surface area (TPSA) is 95.6 Å².